The van der Waals surface area contributed by atoms with Gasteiger partial charge in [0.2, 0.25) is 0 Å². The molecule has 0 radical (unpaired) electrons. The summed E-state index contributed by atoms with van der Waals surface area (Å²) in [5.74, 6) is 0. The Kier molecular flexibility index (Phi) is 1.84. The molecule has 1 aliphatic rings. The summed E-state index contributed by atoms with van der Waals surface area (Å²) in [5, 5.41) is 10.7. The lowest BCUT2D eigenvalue weighted by Gasteiger charge is -2.06. The summed E-state index contributed by atoms with van der Waals surface area (Å²) in [6, 6.07) is 6.45. The van der Waals surface area contributed by atoms with E-state index in [-0.39, 0.29) is 5.69 Å². The van der Waals surface area contributed by atoms with Gasteiger partial charge in [0.15, 0.2) is 0 Å². The van der Waals surface area contributed by atoms with Crippen LogP contribution in [0.5, 0.6) is 0 Å². The normalized spacial score (nSPS) is 17.4. The number of nitrogens with zero attached hydrogens (tertiary/aromatic N) is 1. The molecule has 0 spiro atoms. The molecule has 0 amide bonds. The molecule has 0 bridgehead atoms. The number of carbonyl (C=O) groups excluding carboxylic acids is 1. The van der Waals surface area contributed by atoms with E-state index in [2.05, 4.69) is 0 Å². The van der Waals surface area contributed by atoms with Gasteiger partial charge in [0.05, 0.1) is 10.3 Å². The molecule has 1 aromatic carbocycles. The molecule has 0 aromatic heterocycles. The molecule has 72 valence electrons. The molecule has 0 unspecified atom stereocenters. The number of hydrogen-bond donors (Lipinski definition) is 0. The standard InChI is InChI=1S/C10H9NO3/c12-7-10(5-6-10)8-3-1-2-4-9(8)11(13)14/h1-4,7H,5-6H2. The molecule has 1 aromatic rings. The fourth-order valence-corrected chi connectivity index (χ4v) is 1.64. The Morgan fingerprint density at radius 2 is 2.00 bits per heavy atom. The van der Waals surface area contributed by atoms with Crippen molar-refractivity contribution in [3.8, 4) is 0 Å². The Morgan fingerprint density at radius 1 is 1.36 bits per heavy atom. The van der Waals surface area contributed by atoms with Gasteiger partial charge in [0.25, 0.3) is 5.69 Å². The zero-order chi connectivity index (χ0) is 10.2. The minimum Gasteiger partial charge on any atom is -0.302 e. The summed E-state index contributed by atoms with van der Waals surface area (Å²) in [5.41, 5.74) is 0.0426. The third kappa shape index (κ3) is 1.19. The number of para-hydroxylation sites is 1. The van der Waals surface area contributed by atoms with Crippen LogP contribution in [0.25, 0.3) is 0 Å². The van der Waals surface area contributed by atoms with Gasteiger partial charge in [0.1, 0.15) is 6.29 Å². The topological polar surface area (TPSA) is 60.2 Å². The van der Waals surface area contributed by atoms with Crippen LogP contribution in [0.15, 0.2) is 24.3 Å². The van der Waals surface area contributed by atoms with Gasteiger partial charge in [-0.15, -0.1) is 0 Å². The van der Waals surface area contributed by atoms with Crippen molar-refractivity contribution >= 4 is 12.0 Å². The highest BCUT2D eigenvalue weighted by atomic mass is 16.6. The molecule has 1 fully saturated rings. The van der Waals surface area contributed by atoms with E-state index >= 15 is 0 Å². The largest absolute Gasteiger partial charge is 0.302 e. The van der Waals surface area contributed by atoms with Crippen LogP contribution in [-0.2, 0) is 10.2 Å². The molecule has 1 saturated carbocycles. The first-order valence-corrected chi connectivity index (χ1v) is 4.40. The maximum Gasteiger partial charge on any atom is 0.273 e. The second kappa shape index (κ2) is 2.90. The molecule has 4 heteroatoms. The number of hydrogen-bond acceptors (Lipinski definition) is 3. The van der Waals surface area contributed by atoms with E-state index in [4.69, 9.17) is 0 Å². The van der Waals surface area contributed by atoms with Crippen molar-refractivity contribution in [3.05, 3.63) is 39.9 Å². The predicted octanol–water partition coefficient (Wildman–Crippen LogP) is 1.83. The Balaban J connectivity index is 2.52. The van der Waals surface area contributed by atoms with Crippen LogP contribution in [0.1, 0.15) is 18.4 Å². The first-order chi connectivity index (χ1) is 6.69. The van der Waals surface area contributed by atoms with Gasteiger partial charge in [-0.1, -0.05) is 18.2 Å². The summed E-state index contributed by atoms with van der Waals surface area (Å²) in [4.78, 5) is 21.1. The van der Waals surface area contributed by atoms with E-state index in [0.717, 1.165) is 19.1 Å². The molecule has 0 N–H and O–H groups in total. The molecular weight excluding hydrogens is 182 g/mol. The fourth-order valence-electron chi connectivity index (χ4n) is 1.64. The first kappa shape index (κ1) is 8.87. The summed E-state index contributed by atoms with van der Waals surface area (Å²) < 4.78 is 0. The number of benzene rings is 1. The average molecular weight is 191 g/mol. The highest BCUT2D eigenvalue weighted by Crippen LogP contribution is 2.49. The van der Waals surface area contributed by atoms with Crippen molar-refractivity contribution in [2.45, 2.75) is 18.3 Å². The van der Waals surface area contributed by atoms with Gasteiger partial charge >= 0.3 is 0 Å². The van der Waals surface area contributed by atoms with Crippen LogP contribution >= 0.6 is 0 Å². The Labute approximate surface area is 80.7 Å². The van der Waals surface area contributed by atoms with Crippen molar-refractivity contribution < 1.29 is 9.72 Å². The number of carbonyl (C=O) groups is 1. The van der Waals surface area contributed by atoms with E-state index in [9.17, 15) is 14.9 Å². The third-order valence-electron chi connectivity index (χ3n) is 2.65. The molecule has 2 rings (SSSR count). The molecule has 4 nitrogen and oxygen atoms in total. The fraction of sp³-hybridized carbons (Fsp3) is 0.300. The summed E-state index contributed by atoms with van der Waals surface area (Å²) in [6.07, 6.45) is 2.28. The van der Waals surface area contributed by atoms with E-state index < -0.39 is 10.3 Å². The molecular formula is C10H9NO3. The van der Waals surface area contributed by atoms with Crippen molar-refractivity contribution in [1.29, 1.82) is 0 Å². The molecule has 0 heterocycles. The molecule has 0 aliphatic heterocycles. The smallest absolute Gasteiger partial charge is 0.273 e. The van der Waals surface area contributed by atoms with Crippen LogP contribution < -0.4 is 0 Å². The van der Waals surface area contributed by atoms with Crippen molar-refractivity contribution in [2.75, 3.05) is 0 Å². The lowest BCUT2D eigenvalue weighted by Crippen LogP contribution is -2.10. The second-order valence-corrected chi connectivity index (χ2v) is 3.55. The predicted molar refractivity (Wildman–Crippen MR) is 50.1 cm³/mol. The van der Waals surface area contributed by atoms with Crippen LogP contribution in [0.4, 0.5) is 5.69 Å². The highest BCUT2D eigenvalue weighted by Gasteiger charge is 2.47. The zero-order valence-electron chi connectivity index (χ0n) is 7.47. The molecule has 14 heavy (non-hydrogen) atoms. The molecule has 0 saturated heterocycles. The van der Waals surface area contributed by atoms with E-state index in [1.54, 1.807) is 18.2 Å². The number of rotatable bonds is 3. The van der Waals surface area contributed by atoms with Crippen LogP contribution in [-0.4, -0.2) is 11.2 Å². The third-order valence-corrected chi connectivity index (χ3v) is 2.65. The Bertz CT molecular complexity index is 396. The van der Waals surface area contributed by atoms with E-state index in [1.807, 2.05) is 0 Å². The van der Waals surface area contributed by atoms with Crippen molar-refractivity contribution in [2.24, 2.45) is 0 Å². The highest BCUT2D eigenvalue weighted by molar-refractivity contribution is 5.75. The lowest BCUT2D eigenvalue weighted by molar-refractivity contribution is -0.385. The lowest BCUT2D eigenvalue weighted by atomic mass is 9.96. The number of nitro benzene ring substituents is 1. The summed E-state index contributed by atoms with van der Waals surface area (Å²) in [6.45, 7) is 0. The Morgan fingerprint density at radius 3 is 2.50 bits per heavy atom. The molecule has 1 aliphatic carbocycles. The van der Waals surface area contributed by atoms with Crippen molar-refractivity contribution in [3.63, 3.8) is 0 Å². The minimum absolute atomic E-state index is 0.0529. The zero-order valence-corrected chi connectivity index (χ0v) is 7.47. The van der Waals surface area contributed by atoms with Gasteiger partial charge in [0, 0.05) is 11.6 Å². The summed E-state index contributed by atoms with van der Waals surface area (Å²) in [7, 11) is 0. The van der Waals surface area contributed by atoms with Crippen molar-refractivity contribution in [1.82, 2.24) is 0 Å². The minimum atomic E-state index is -0.566. The van der Waals surface area contributed by atoms with Gasteiger partial charge in [-0.05, 0) is 12.8 Å². The Hall–Kier alpha value is -1.71. The van der Waals surface area contributed by atoms with Crippen LogP contribution in [0.3, 0.4) is 0 Å². The van der Waals surface area contributed by atoms with Gasteiger partial charge in [-0.3, -0.25) is 10.1 Å². The van der Waals surface area contributed by atoms with E-state index in [1.165, 1.54) is 6.07 Å². The van der Waals surface area contributed by atoms with Crippen LogP contribution in [0, 0.1) is 10.1 Å². The van der Waals surface area contributed by atoms with Gasteiger partial charge < -0.3 is 4.79 Å². The summed E-state index contributed by atoms with van der Waals surface area (Å²) >= 11 is 0. The van der Waals surface area contributed by atoms with Gasteiger partial charge in [-0.2, -0.15) is 0 Å². The second-order valence-electron chi connectivity index (χ2n) is 3.55. The maximum absolute atomic E-state index is 10.8. The number of aldehydes is 1. The van der Waals surface area contributed by atoms with Gasteiger partial charge in [-0.25, -0.2) is 0 Å². The SMILES string of the molecule is O=CC1(c2ccccc2[N+](=O)[O-])CC1. The first-order valence-electron chi connectivity index (χ1n) is 4.40. The van der Waals surface area contributed by atoms with Crippen LogP contribution in [0.2, 0.25) is 0 Å². The quantitative estimate of drug-likeness (QED) is 0.416. The van der Waals surface area contributed by atoms with E-state index in [0.29, 0.717) is 5.56 Å². The monoisotopic (exact) mass is 191 g/mol. The average Bonchev–Trinajstić information content (AvgIpc) is 2.98. The number of nitro groups is 1. The maximum atomic E-state index is 10.8. The molecule has 0 atom stereocenters.